The normalized spacial score (nSPS) is 16.9. The molecule has 0 bridgehead atoms. The Morgan fingerprint density at radius 2 is 1.73 bits per heavy atom. The van der Waals surface area contributed by atoms with Crippen LogP contribution in [0.3, 0.4) is 0 Å². The standard InChI is InChI=1S/C16H17F3N2S/c17-16(18,19)15-20-14(12-7-3-1-4-8-12)13(22-15)11-21-9-5-2-6-10-21/h1,3-4,7-8H,2,5-6,9-11H2. The molecular weight excluding hydrogens is 309 g/mol. The Morgan fingerprint density at radius 1 is 1.05 bits per heavy atom. The van der Waals surface area contributed by atoms with Gasteiger partial charge in [0.1, 0.15) is 0 Å². The van der Waals surface area contributed by atoms with Crippen LogP contribution in [0, 0.1) is 0 Å². The summed E-state index contributed by atoms with van der Waals surface area (Å²) in [5.41, 5.74) is 1.23. The maximum Gasteiger partial charge on any atom is 0.443 e. The van der Waals surface area contributed by atoms with Gasteiger partial charge in [0.15, 0.2) is 5.01 Å². The molecule has 1 aliphatic rings. The van der Waals surface area contributed by atoms with Gasteiger partial charge >= 0.3 is 6.18 Å². The maximum absolute atomic E-state index is 13.0. The van der Waals surface area contributed by atoms with E-state index in [2.05, 4.69) is 9.88 Å². The van der Waals surface area contributed by atoms with Gasteiger partial charge in [-0.2, -0.15) is 13.2 Å². The van der Waals surface area contributed by atoms with Gasteiger partial charge in [-0.1, -0.05) is 36.8 Å². The number of likely N-dealkylation sites (tertiary alicyclic amines) is 1. The van der Waals surface area contributed by atoms with Gasteiger partial charge in [0, 0.05) is 17.0 Å². The molecule has 118 valence electrons. The molecule has 3 rings (SSSR count). The van der Waals surface area contributed by atoms with Crippen molar-refractivity contribution in [1.29, 1.82) is 0 Å². The van der Waals surface area contributed by atoms with E-state index < -0.39 is 11.2 Å². The fourth-order valence-corrected chi connectivity index (χ4v) is 3.72. The Kier molecular flexibility index (Phi) is 4.49. The van der Waals surface area contributed by atoms with Gasteiger partial charge < -0.3 is 0 Å². The SMILES string of the molecule is FC(F)(F)c1nc(-c2ccccc2)c(CN2CCCCC2)s1. The molecule has 1 fully saturated rings. The van der Waals surface area contributed by atoms with Crippen molar-refractivity contribution in [3.63, 3.8) is 0 Å². The lowest BCUT2D eigenvalue weighted by Gasteiger charge is -2.26. The molecule has 1 aromatic carbocycles. The highest BCUT2D eigenvalue weighted by Gasteiger charge is 2.36. The summed E-state index contributed by atoms with van der Waals surface area (Å²) in [6.07, 6.45) is -0.940. The summed E-state index contributed by atoms with van der Waals surface area (Å²) in [6.45, 7) is 2.46. The molecule has 0 radical (unpaired) electrons. The van der Waals surface area contributed by atoms with Crippen molar-refractivity contribution in [2.24, 2.45) is 0 Å². The van der Waals surface area contributed by atoms with E-state index in [1.165, 1.54) is 6.42 Å². The van der Waals surface area contributed by atoms with Crippen molar-refractivity contribution < 1.29 is 13.2 Å². The van der Waals surface area contributed by atoms with Gasteiger partial charge in [-0.15, -0.1) is 11.3 Å². The quantitative estimate of drug-likeness (QED) is 0.804. The highest BCUT2D eigenvalue weighted by atomic mass is 32.1. The number of hydrogen-bond donors (Lipinski definition) is 0. The number of alkyl halides is 3. The summed E-state index contributed by atoms with van der Waals surface area (Å²) in [7, 11) is 0. The molecule has 6 heteroatoms. The molecule has 2 nitrogen and oxygen atoms in total. The first-order chi connectivity index (χ1) is 10.5. The van der Waals surface area contributed by atoms with E-state index in [0.717, 1.165) is 42.8 Å². The van der Waals surface area contributed by atoms with Crippen molar-refractivity contribution in [2.45, 2.75) is 32.0 Å². The van der Waals surface area contributed by atoms with Gasteiger partial charge in [-0.25, -0.2) is 4.98 Å². The molecular formula is C16H17F3N2S. The third-order valence-electron chi connectivity index (χ3n) is 3.80. The van der Waals surface area contributed by atoms with E-state index >= 15 is 0 Å². The van der Waals surface area contributed by atoms with Gasteiger partial charge in [-0.05, 0) is 25.9 Å². The summed E-state index contributed by atoms with van der Waals surface area (Å²) in [5, 5.41) is -0.752. The number of nitrogens with zero attached hydrogens (tertiary/aromatic N) is 2. The molecule has 22 heavy (non-hydrogen) atoms. The van der Waals surface area contributed by atoms with Crippen molar-refractivity contribution in [2.75, 3.05) is 13.1 Å². The molecule has 0 spiro atoms. The number of hydrogen-bond acceptors (Lipinski definition) is 3. The van der Waals surface area contributed by atoms with Crippen LogP contribution in [-0.2, 0) is 12.7 Å². The van der Waals surface area contributed by atoms with Crippen LogP contribution in [0.4, 0.5) is 13.2 Å². The molecule has 0 unspecified atom stereocenters. The lowest BCUT2D eigenvalue weighted by molar-refractivity contribution is -0.137. The van der Waals surface area contributed by atoms with Gasteiger partial charge in [-0.3, -0.25) is 4.90 Å². The first-order valence-corrected chi connectivity index (χ1v) is 8.20. The highest BCUT2D eigenvalue weighted by molar-refractivity contribution is 7.12. The molecule has 1 saturated heterocycles. The molecule has 0 N–H and O–H groups in total. The van der Waals surface area contributed by atoms with E-state index in [-0.39, 0.29) is 0 Å². The zero-order valence-electron chi connectivity index (χ0n) is 12.1. The second kappa shape index (κ2) is 6.38. The van der Waals surface area contributed by atoms with Crippen molar-refractivity contribution in [3.05, 3.63) is 40.2 Å². The average molecular weight is 326 g/mol. The van der Waals surface area contributed by atoms with Crippen molar-refractivity contribution in [3.8, 4) is 11.3 Å². The largest absolute Gasteiger partial charge is 0.443 e. The van der Waals surface area contributed by atoms with Crippen LogP contribution in [0.2, 0.25) is 0 Å². The first-order valence-electron chi connectivity index (χ1n) is 7.39. The second-order valence-corrected chi connectivity index (χ2v) is 6.58. The van der Waals surface area contributed by atoms with Crippen molar-refractivity contribution >= 4 is 11.3 Å². The topological polar surface area (TPSA) is 16.1 Å². The lowest BCUT2D eigenvalue weighted by Crippen LogP contribution is -2.28. The van der Waals surface area contributed by atoms with Crippen LogP contribution in [0.5, 0.6) is 0 Å². The minimum absolute atomic E-state index is 0.475. The zero-order valence-corrected chi connectivity index (χ0v) is 12.9. The van der Waals surface area contributed by atoms with Crippen LogP contribution in [0.25, 0.3) is 11.3 Å². The molecule has 1 aromatic heterocycles. The Hall–Kier alpha value is -1.40. The molecule has 2 aromatic rings. The van der Waals surface area contributed by atoms with E-state index in [4.69, 9.17) is 0 Å². The fraction of sp³-hybridized carbons (Fsp3) is 0.438. The van der Waals surface area contributed by atoms with E-state index in [1.54, 1.807) is 0 Å². The van der Waals surface area contributed by atoms with Gasteiger partial charge in [0.25, 0.3) is 0 Å². The number of aromatic nitrogens is 1. The molecule has 0 saturated carbocycles. The van der Waals surface area contributed by atoms with E-state index in [1.807, 2.05) is 30.3 Å². The predicted octanol–water partition coefficient (Wildman–Crippen LogP) is 4.81. The molecule has 1 aliphatic heterocycles. The number of halogens is 3. The van der Waals surface area contributed by atoms with Gasteiger partial charge in [0.2, 0.25) is 0 Å². The summed E-state index contributed by atoms with van der Waals surface area (Å²) in [5.74, 6) is 0. The van der Waals surface area contributed by atoms with E-state index in [0.29, 0.717) is 17.1 Å². The van der Waals surface area contributed by atoms with Crippen LogP contribution in [0.15, 0.2) is 30.3 Å². The number of benzene rings is 1. The van der Waals surface area contributed by atoms with Crippen LogP contribution in [0.1, 0.15) is 29.1 Å². The van der Waals surface area contributed by atoms with Crippen molar-refractivity contribution in [1.82, 2.24) is 9.88 Å². The van der Waals surface area contributed by atoms with E-state index in [9.17, 15) is 13.2 Å². The maximum atomic E-state index is 13.0. The summed E-state index contributed by atoms with van der Waals surface area (Å²) < 4.78 is 39.0. The molecule has 2 heterocycles. The second-order valence-electron chi connectivity index (χ2n) is 5.49. The Labute approximate surface area is 131 Å². The number of rotatable bonds is 3. The summed E-state index contributed by atoms with van der Waals surface area (Å²) in [6, 6.07) is 9.13. The Balaban J connectivity index is 1.94. The number of thiazole rings is 1. The van der Waals surface area contributed by atoms with Crippen LogP contribution < -0.4 is 0 Å². The highest BCUT2D eigenvalue weighted by Crippen LogP contribution is 2.38. The minimum atomic E-state index is -4.38. The Bertz CT molecular complexity index is 616. The minimum Gasteiger partial charge on any atom is -0.298 e. The summed E-state index contributed by atoms with van der Waals surface area (Å²) >= 11 is 0.777. The zero-order chi connectivity index (χ0) is 15.6. The lowest BCUT2D eigenvalue weighted by atomic mass is 10.1. The molecule has 0 atom stereocenters. The Morgan fingerprint density at radius 3 is 2.36 bits per heavy atom. The van der Waals surface area contributed by atoms with Gasteiger partial charge in [0.05, 0.1) is 5.69 Å². The summed E-state index contributed by atoms with van der Waals surface area (Å²) in [4.78, 5) is 6.82. The smallest absolute Gasteiger partial charge is 0.298 e. The average Bonchev–Trinajstić information content (AvgIpc) is 2.93. The van der Waals surface area contributed by atoms with Crippen LogP contribution in [-0.4, -0.2) is 23.0 Å². The first kappa shape index (κ1) is 15.5. The number of piperidine rings is 1. The third kappa shape index (κ3) is 3.50. The third-order valence-corrected chi connectivity index (χ3v) is 4.89. The fourth-order valence-electron chi connectivity index (χ4n) is 2.72. The predicted molar refractivity (Wildman–Crippen MR) is 81.7 cm³/mol. The monoisotopic (exact) mass is 326 g/mol. The van der Waals surface area contributed by atoms with Crippen LogP contribution >= 0.6 is 11.3 Å². The molecule has 0 aliphatic carbocycles. The molecule has 0 amide bonds.